The van der Waals surface area contributed by atoms with Gasteiger partial charge in [0, 0.05) is 31.4 Å². The third-order valence-corrected chi connectivity index (χ3v) is 7.01. The first-order valence-corrected chi connectivity index (χ1v) is 9.69. The molecule has 1 aromatic heterocycles. The number of aryl methyl sites for hydroxylation is 1. The van der Waals surface area contributed by atoms with Gasteiger partial charge in [-0.2, -0.15) is 5.26 Å². The number of rotatable bonds is 5. The smallest absolute Gasteiger partial charge is 0.214 e. The van der Waals surface area contributed by atoms with E-state index in [1.54, 1.807) is 6.20 Å². The Kier molecular flexibility index (Phi) is 5.25. The van der Waals surface area contributed by atoms with Crippen LogP contribution in [0.4, 0.5) is 0 Å². The summed E-state index contributed by atoms with van der Waals surface area (Å²) < 4.78 is 25.8. The third kappa shape index (κ3) is 3.96. The molecular formula is C14H19N3O2S2. The Labute approximate surface area is 130 Å². The average Bonchev–Trinajstić information content (AvgIpc) is 2.54. The van der Waals surface area contributed by atoms with Gasteiger partial charge in [-0.1, -0.05) is 6.07 Å². The molecule has 114 valence electrons. The van der Waals surface area contributed by atoms with Crippen molar-refractivity contribution in [1.29, 1.82) is 5.26 Å². The van der Waals surface area contributed by atoms with Gasteiger partial charge in [-0.05, 0) is 31.2 Å². The lowest BCUT2D eigenvalue weighted by molar-refractivity contribution is 0.327. The minimum absolute atomic E-state index is 0.0723. The maximum Gasteiger partial charge on any atom is 0.214 e. The molecule has 0 spiro atoms. The number of piperidine rings is 1. The van der Waals surface area contributed by atoms with Gasteiger partial charge in [0.1, 0.15) is 4.75 Å². The van der Waals surface area contributed by atoms with E-state index in [1.165, 1.54) is 16.1 Å². The minimum Gasteiger partial charge on any atom is -0.261 e. The van der Waals surface area contributed by atoms with Gasteiger partial charge >= 0.3 is 0 Å². The SMILES string of the molecule is CSC1(C#N)CCN(S(=O)(=O)CCc2ccccn2)CC1. The fraction of sp³-hybridized carbons (Fsp3) is 0.571. The Balaban J connectivity index is 1.94. The second-order valence-electron chi connectivity index (χ2n) is 5.10. The van der Waals surface area contributed by atoms with E-state index in [1.807, 2.05) is 24.5 Å². The van der Waals surface area contributed by atoms with Crippen LogP contribution < -0.4 is 0 Å². The van der Waals surface area contributed by atoms with Crippen molar-refractivity contribution >= 4 is 21.8 Å². The summed E-state index contributed by atoms with van der Waals surface area (Å²) in [6.07, 6.45) is 5.18. The van der Waals surface area contributed by atoms with Gasteiger partial charge in [-0.3, -0.25) is 4.98 Å². The Hall–Kier alpha value is -1.10. The van der Waals surface area contributed by atoms with Crippen molar-refractivity contribution in [1.82, 2.24) is 9.29 Å². The maximum absolute atomic E-state index is 12.4. The molecule has 0 radical (unpaired) electrons. The molecule has 1 aliphatic heterocycles. The topological polar surface area (TPSA) is 74.1 Å². The van der Waals surface area contributed by atoms with Crippen molar-refractivity contribution in [2.45, 2.75) is 24.0 Å². The summed E-state index contributed by atoms with van der Waals surface area (Å²) in [4.78, 5) is 4.15. The highest BCUT2D eigenvalue weighted by atomic mass is 32.2. The zero-order chi connectivity index (χ0) is 15.3. The van der Waals surface area contributed by atoms with E-state index in [-0.39, 0.29) is 5.75 Å². The van der Waals surface area contributed by atoms with E-state index in [2.05, 4.69) is 11.1 Å². The van der Waals surface area contributed by atoms with Gasteiger partial charge in [0.15, 0.2) is 0 Å². The van der Waals surface area contributed by atoms with E-state index in [4.69, 9.17) is 0 Å². The highest BCUT2D eigenvalue weighted by Crippen LogP contribution is 2.34. The number of thioether (sulfide) groups is 1. The number of nitriles is 1. The molecule has 0 N–H and O–H groups in total. The first-order chi connectivity index (χ1) is 10.0. The highest BCUT2D eigenvalue weighted by molar-refractivity contribution is 8.00. The molecule has 0 aliphatic carbocycles. The van der Waals surface area contributed by atoms with Gasteiger partial charge < -0.3 is 0 Å². The van der Waals surface area contributed by atoms with E-state index in [0.29, 0.717) is 32.4 Å². The predicted molar refractivity (Wildman–Crippen MR) is 84.4 cm³/mol. The summed E-state index contributed by atoms with van der Waals surface area (Å²) in [6, 6.07) is 7.83. The number of aromatic nitrogens is 1. The minimum atomic E-state index is -3.27. The Morgan fingerprint density at radius 1 is 1.43 bits per heavy atom. The molecule has 7 heteroatoms. The monoisotopic (exact) mass is 325 g/mol. The fourth-order valence-corrected chi connectivity index (χ4v) is 4.54. The summed E-state index contributed by atoms with van der Waals surface area (Å²) in [5.74, 6) is 0.0723. The van der Waals surface area contributed by atoms with Crippen molar-refractivity contribution < 1.29 is 8.42 Å². The Bertz CT molecular complexity index is 603. The summed E-state index contributed by atoms with van der Waals surface area (Å²) in [5, 5.41) is 9.24. The largest absolute Gasteiger partial charge is 0.261 e. The maximum atomic E-state index is 12.4. The molecule has 1 aromatic rings. The van der Waals surface area contributed by atoms with E-state index in [0.717, 1.165) is 5.69 Å². The van der Waals surface area contributed by atoms with Crippen molar-refractivity contribution in [2.75, 3.05) is 25.1 Å². The first-order valence-electron chi connectivity index (χ1n) is 6.85. The quantitative estimate of drug-likeness (QED) is 0.823. The summed E-state index contributed by atoms with van der Waals surface area (Å²) in [6.45, 7) is 0.859. The molecule has 1 aliphatic rings. The fourth-order valence-electron chi connectivity index (χ4n) is 2.40. The number of sulfonamides is 1. The van der Waals surface area contributed by atoms with Crippen LogP contribution in [0.5, 0.6) is 0 Å². The van der Waals surface area contributed by atoms with Crippen molar-refractivity contribution in [2.24, 2.45) is 0 Å². The Morgan fingerprint density at radius 2 is 2.14 bits per heavy atom. The van der Waals surface area contributed by atoms with Crippen molar-refractivity contribution in [3.05, 3.63) is 30.1 Å². The molecule has 1 fully saturated rings. The highest BCUT2D eigenvalue weighted by Gasteiger charge is 2.37. The molecule has 2 heterocycles. The molecule has 0 aromatic carbocycles. The number of hydrogen-bond donors (Lipinski definition) is 0. The van der Waals surface area contributed by atoms with Crippen LogP contribution in [0.25, 0.3) is 0 Å². The van der Waals surface area contributed by atoms with Crippen LogP contribution in [-0.2, 0) is 16.4 Å². The normalized spacial score (nSPS) is 19.0. The predicted octanol–water partition coefficient (Wildman–Crippen LogP) is 1.68. The van der Waals surface area contributed by atoms with Crippen LogP contribution in [-0.4, -0.2) is 47.6 Å². The molecule has 0 bridgehead atoms. The van der Waals surface area contributed by atoms with Crippen LogP contribution >= 0.6 is 11.8 Å². The van der Waals surface area contributed by atoms with Gasteiger partial charge in [0.2, 0.25) is 10.0 Å². The summed E-state index contributed by atoms with van der Waals surface area (Å²) in [7, 11) is -3.27. The second-order valence-corrected chi connectivity index (χ2v) is 8.37. The van der Waals surface area contributed by atoms with Crippen molar-refractivity contribution in [3.8, 4) is 6.07 Å². The molecule has 1 saturated heterocycles. The molecule has 0 saturated carbocycles. The standard InChI is InChI=1S/C14H19N3O2S2/c1-20-14(12-15)6-9-17(10-7-14)21(18,19)11-5-13-4-2-3-8-16-13/h2-4,8H,5-7,9-11H2,1H3. The molecule has 5 nitrogen and oxygen atoms in total. The van der Waals surface area contributed by atoms with Gasteiger partial charge in [-0.15, -0.1) is 11.8 Å². The van der Waals surface area contributed by atoms with Crippen LogP contribution in [0.3, 0.4) is 0 Å². The molecule has 0 atom stereocenters. The van der Waals surface area contributed by atoms with E-state index < -0.39 is 14.8 Å². The number of pyridine rings is 1. The summed E-state index contributed by atoms with van der Waals surface area (Å²) >= 11 is 1.52. The van der Waals surface area contributed by atoms with Gasteiger partial charge in [-0.25, -0.2) is 12.7 Å². The lowest BCUT2D eigenvalue weighted by Gasteiger charge is -2.35. The van der Waals surface area contributed by atoms with E-state index >= 15 is 0 Å². The Morgan fingerprint density at radius 3 is 2.67 bits per heavy atom. The lowest BCUT2D eigenvalue weighted by Crippen LogP contribution is -2.45. The average molecular weight is 325 g/mol. The third-order valence-electron chi connectivity index (χ3n) is 3.86. The van der Waals surface area contributed by atoms with Crippen LogP contribution in [0, 0.1) is 11.3 Å². The molecule has 0 amide bonds. The van der Waals surface area contributed by atoms with E-state index in [9.17, 15) is 13.7 Å². The number of hydrogen-bond acceptors (Lipinski definition) is 5. The van der Waals surface area contributed by atoms with Crippen molar-refractivity contribution in [3.63, 3.8) is 0 Å². The zero-order valence-corrected chi connectivity index (χ0v) is 13.7. The second kappa shape index (κ2) is 6.77. The first kappa shape index (κ1) is 16.3. The van der Waals surface area contributed by atoms with Gasteiger partial charge in [0.25, 0.3) is 0 Å². The molecule has 21 heavy (non-hydrogen) atoms. The summed E-state index contributed by atoms with van der Waals surface area (Å²) in [5.41, 5.74) is 0.786. The van der Waals surface area contributed by atoms with Crippen LogP contribution in [0.2, 0.25) is 0 Å². The lowest BCUT2D eigenvalue weighted by atomic mass is 9.99. The molecular weight excluding hydrogens is 306 g/mol. The van der Waals surface area contributed by atoms with Gasteiger partial charge in [0.05, 0.1) is 11.8 Å². The number of nitrogens with zero attached hydrogens (tertiary/aromatic N) is 3. The van der Waals surface area contributed by atoms with Crippen LogP contribution in [0.15, 0.2) is 24.4 Å². The molecule has 0 unspecified atom stereocenters. The van der Waals surface area contributed by atoms with Crippen LogP contribution in [0.1, 0.15) is 18.5 Å². The zero-order valence-electron chi connectivity index (χ0n) is 12.0. The molecule has 2 rings (SSSR count).